The van der Waals surface area contributed by atoms with Crippen molar-refractivity contribution in [1.82, 2.24) is 0 Å². The SMILES string of the molecule is CCC(N)C#Cc1cccc(C2CCC2)c1. The summed E-state index contributed by atoms with van der Waals surface area (Å²) in [5.41, 5.74) is 8.33. The Kier molecular flexibility index (Phi) is 3.64. The van der Waals surface area contributed by atoms with Crippen molar-refractivity contribution in [2.45, 2.75) is 44.6 Å². The average Bonchev–Trinajstić information content (AvgIpc) is 2.24. The van der Waals surface area contributed by atoms with Crippen LogP contribution < -0.4 is 5.73 Å². The molecule has 2 N–H and O–H groups in total. The smallest absolute Gasteiger partial charge is 0.0665 e. The fourth-order valence-electron chi connectivity index (χ4n) is 1.89. The van der Waals surface area contributed by atoms with Crippen LogP contribution in [-0.4, -0.2) is 6.04 Å². The van der Waals surface area contributed by atoms with E-state index in [0.29, 0.717) is 0 Å². The van der Waals surface area contributed by atoms with E-state index in [1.807, 2.05) is 0 Å². The van der Waals surface area contributed by atoms with E-state index in [1.165, 1.54) is 24.8 Å². The lowest BCUT2D eigenvalue weighted by molar-refractivity contribution is 0.420. The Balaban J connectivity index is 2.11. The maximum atomic E-state index is 5.78. The highest BCUT2D eigenvalue weighted by Gasteiger charge is 2.18. The molecule has 1 aromatic rings. The summed E-state index contributed by atoms with van der Waals surface area (Å²) in [7, 11) is 0. The molecule has 1 aliphatic carbocycles. The molecule has 16 heavy (non-hydrogen) atoms. The number of nitrogens with two attached hydrogens (primary N) is 1. The van der Waals surface area contributed by atoms with E-state index in [1.54, 1.807) is 0 Å². The van der Waals surface area contributed by atoms with Crippen LogP contribution in [0.5, 0.6) is 0 Å². The van der Waals surface area contributed by atoms with Gasteiger partial charge in [0, 0.05) is 5.56 Å². The van der Waals surface area contributed by atoms with Crippen molar-refractivity contribution in [2.75, 3.05) is 0 Å². The monoisotopic (exact) mass is 213 g/mol. The van der Waals surface area contributed by atoms with E-state index in [2.05, 4.69) is 43.0 Å². The molecule has 1 nitrogen and oxygen atoms in total. The summed E-state index contributed by atoms with van der Waals surface area (Å²) < 4.78 is 0. The van der Waals surface area contributed by atoms with Gasteiger partial charge in [-0.2, -0.15) is 0 Å². The van der Waals surface area contributed by atoms with Gasteiger partial charge in [-0.05, 0) is 42.9 Å². The van der Waals surface area contributed by atoms with Crippen LogP contribution in [0.1, 0.15) is 49.7 Å². The second-order valence-corrected chi connectivity index (χ2v) is 4.54. The molecule has 1 aliphatic rings. The molecule has 84 valence electrons. The zero-order valence-electron chi connectivity index (χ0n) is 9.87. The first-order valence-corrected chi connectivity index (χ1v) is 6.16. The molecule has 1 aromatic carbocycles. The van der Waals surface area contributed by atoms with E-state index in [0.717, 1.165) is 17.9 Å². The number of hydrogen-bond acceptors (Lipinski definition) is 1. The van der Waals surface area contributed by atoms with Crippen molar-refractivity contribution < 1.29 is 0 Å². The first-order valence-electron chi connectivity index (χ1n) is 6.16. The lowest BCUT2D eigenvalue weighted by atomic mass is 9.80. The lowest BCUT2D eigenvalue weighted by Gasteiger charge is -2.25. The maximum Gasteiger partial charge on any atom is 0.0665 e. The van der Waals surface area contributed by atoms with Gasteiger partial charge in [-0.25, -0.2) is 0 Å². The molecule has 1 unspecified atom stereocenters. The minimum atomic E-state index is 0.00681. The standard InChI is InChI=1S/C15H19N/c1-2-15(16)10-9-12-5-3-8-14(11-12)13-6-4-7-13/h3,5,8,11,13,15H,2,4,6-7,16H2,1H3. The lowest BCUT2D eigenvalue weighted by Crippen LogP contribution is -2.15. The molecule has 0 amide bonds. The normalized spacial score (nSPS) is 17.1. The van der Waals surface area contributed by atoms with Gasteiger partial charge in [-0.1, -0.05) is 37.3 Å². The van der Waals surface area contributed by atoms with E-state index in [-0.39, 0.29) is 6.04 Å². The molecule has 0 aliphatic heterocycles. The van der Waals surface area contributed by atoms with Gasteiger partial charge in [-0.15, -0.1) is 0 Å². The summed E-state index contributed by atoms with van der Waals surface area (Å²) in [6, 6.07) is 8.62. The van der Waals surface area contributed by atoms with Gasteiger partial charge in [0.2, 0.25) is 0 Å². The summed E-state index contributed by atoms with van der Waals surface area (Å²) in [6.07, 6.45) is 4.97. The van der Waals surface area contributed by atoms with E-state index >= 15 is 0 Å². The average molecular weight is 213 g/mol. The van der Waals surface area contributed by atoms with E-state index < -0.39 is 0 Å². The number of benzene rings is 1. The Morgan fingerprint density at radius 3 is 2.88 bits per heavy atom. The van der Waals surface area contributed by atoms with Crippen molar-refractivity contribution >= 4 is 0 Å². The summed E-state index contributed by atoms with van der Waals surface area (Å²) in [6.45, 7) is 2.06. The topological polar surface area (TPSA) is 26.0 Å². The van der Waals surface area contributed by atoms with Crippen LogP contribution in [0.25, 0.3) is 0 Å². The minimum absolute atomic E-state index is 0.00681. The van der Waals surface area contributed by atoms with Crippen molar-refractivity contribution in [3.8, 4) is 11.8 Å². The molecule has 0 bridgehead atoms. The summed E-state index contributed by atoms with van der Waals surface area (Å²) in [4.78, 5) is 0. The molecule has 1 saturated carbocycles. The first-order chi connectivity index (χ1) is 7.79. The van der Waals surface area contributed by atoms with Crippen molar-refractivity contribution in [3.63, 3.8) is 0 Å². The van der Waals surface area contributed by atoms with Crippen molar-refractivity contribution in [3.05, 3.63) is 35.4 Å². The van der Waals surface area contributed by atoms with Crippen LogP contribution in [0.2, 0.25) is 0 Å². The van der Waals surface area contributed by atoms with Crippen LogP contribution >= 0.6 is 0 Å². The molecule has 1 atom stereocenters. The minimum Gasteiger partial charge on any atom is -0.318 e. The summed E-state index contributed by atoms with van der Waals surface area (Å²) >= 11 is 0. The molecule has 2 rings (SSSR count). The van der Waals surface area contributed by atoms with Crippen LogP contribution in [0.15, 0.2) is 24.3 Å². The van der Waals surface area contributed by atoms with Crippen LogP contribution in [0, 0.1) is 11.8 Å². The molecule has 0 saturated heterocycles. The van der Waals surface area contributed by atoms with Gasteiger partial charge in [0.05, 0.1) is 6.04 Å². The van der Waals surface area contributed by atoms with Crippen molar-refractivity contribution in [2.24, 2.45) is 5.73 Å². The molecule has 0 spiro atoms. The first kappa shape index (κ1) is 11.2. The molecule has 1 heteroatoms. The fraction of sp³-hybridized carbons (Fsp3) is 0.467. The quantitative estimate of drug-likeness (QED) is 0.751. The van der Waals surface area contributed by atoms with Crippen LogP contribution in [0.4, 0.5) is 0 Å². The molecule has 0 radical (unpaired) electrons. The van der Waals surface area contributed by atoms with Gasteiger partial charge in [0.1, 0.15) is 0 Å². The Morgan fingerprint density at radius 1 is 1.44 bits per heavy atom. The number of rotatable bonds is 2. The van der Waals surface area contributed by atoms with Gasteiger partial charge in [-0.3, -0.25) is 0 Å². The third kappa shape index (κ3) is 2.65. The van der Waals surface area contributed by atoms with Gasteiger partial charge < -0.3 is 5.73 Å². The summed E-state index contributed by atoms with van der Waals surface area (Å²) in [5.74, 6) is 7.02. The zero-order valence-corrected chi connectivity index (χ0v) is 9.87. The Morgan fingerprint density at radius 2 is 2.25 bits per heavy atom. The predicted octanol–water partition coefficient (Wildman–Crippen LogP) is 3.04. The molecular weight excluding hydrogens is 194 g/mol. The third-order valence-electron chi connectivity index (χ3n) is 3.30. The fourth-order valence-corrected chi connectivity index (χ4v) is 1.89. The Hall–Kier alpha value is -1.26. The summed E-state index contributed by atoms with van der Waals surface area (Å²) in [5, 5.41) is 0. The molecule has 0 heterocycles. The van der Waals surface area contributed by atoms with E-state index in [9.17, 15) is 0 Å². The largest absolute Gasteiger partial charge is 0.318 e. The second kappa shape index (κ2) is 5.18. The highest BCUT2D eigenvalue weighted by atomic mass is 14.6. The second-order valence-electron chi connectivity index (χ2n) is 4.54. The zero-order chi connectivity index (χ0) is 11.4. The Labute approximate surface area is 98.0 Å². The molecule has 0 aromatic heterocycles. The van der Waals surface area contributed by atoms with E-state index in [4.69, 9.17) is 5.73 Å². The van der Waals surface area contributed by atoms with Gasteiger partial charge in [0.15, 0.2) is 0 Å². The Bertz CT molecular complexity index is 407. The predicted molar refractivity (Wildman–Crippen MR) is 68.2 cm³/mol. The molecule has 1 fully saturated rings. The highest BCUT2D eigenvalue weighted by Crippen LogP contribution is 2.36. The van der Waals surface area contributed by atoms with Gasteiger partial charge in [0.25, 0.3) is 0 Å². The maximum absolute atomic E-state index is 5.78. The third-order valence-corrected chi connectivity index (χ3v) is 3.30. The van der Waals surface area contributed by atoms with Crippen LogP contribution in [-0.2, 0) is 0 Å². The van der Waals surface area contributed by atoms with Crippen molar-refractivity contribution in [1.29, 1.82) is 0 Å². The highest BCUT2D eigenvalue weighted by molar-refractivity contribution is 5.39. The number of hydrogen-bond donors (Lipinski definition) is 1. The van der Waals surface area contributed by atoms with Gasteiger partial charge >= 0.3 is 0 Å². The molecular formula is C15H19N. The van der Waals surface area contributed by atoms with Crippen LogP contribution in [0.3, 0.4) is 0 Å².